The molecule has 1 N–H and O–H groups in total. The Bertz CT molecular complexity index is 919. The number of rotatable bonds is 7. The molecule has 6 aliphatic rings. The minimum absolute atomic E-state index is 0.0816. The molecule has 3 heteroatoms. The van der Waals surface area contributed by atoms with E-state index in [0.29, 0.717) is 26.4 Å². The van der Waals surface area contributed by atoms with Crippen molar-refractivity contribution in [1.29, 1.82) is 0 Å². The van der Waals surface area contributed by atoms with Crippen LogP contribution in [0.25, 0.3) is 0 Å². The monoisotopic (exact) mass is 487 g/mol. The zero-order valence-corrected chi connectivity index (χ0v) is 24.4. The van der Waals surface area contributed by atoms with Gasteiger partial charge in [-0.15, -0.1) is 0 Å². The Morgan fingerprint density at radius 2 is 1.52 bits per heavy atom. The molecule has 184 valence electrons. The first-order valence-corrected chi connectivity index (χ1v) is 17.5. The van der Waals surface area contributed by atoms with Crippen LogP contribution in [0.15, 0.2) is 20.6 Å². The van der Waals surface area contributed by atoms with Gasteiger partial charge in [0, 0.05) is 0 Å². The maximum atomic E-state index is 14.6. The molecule has 0 aromatic rings. The molecule has 0 aromatic heterocycles. The van der Waals surface area contributed by atoms with E-state index in [0.717, 1.165) is 18.8 Å². The summed E-state index contributed by atoms with van der Waals surface area (Å²) in [6, 6.07) is 0. The summed E-state index contributed by atoms with van der Waals surface area (Å²) < 4.78 is 7.65. The van der Waals surface area contributed by atoms with Gasteiger partial charge in [0.2, 0.25) is 0 Å². The van der Waals surface area contributed by atoms with Crippen LogP contribution >= 0.6 is 0 Å². The van der Waals surface area contributed by atoms with E-state index in [1.54, 1.807) is 15.0 Å². The van der Waals surface area contributed by atoms with Gasteiger partial charge >= 0.3 is 208 Å². The van der Waals surface area contributed by atoms with Crippen LogP contribution in [0, 0.1) is 28.1 Å². The van der Waals surface area contributed by atoms with E-state index in [-0.39, 0.29) is 5.41 Å². The van der Waals surface area contributed by atoms with E-state index in [4.69, 9.17) is 0 Å². The standard InChI is InChI=1S/C13H21NO.C9H13.C8H16.Ti/c1-11-3-9-4-12(2,6-11)8-13(5-9,7-11)10(14)15;1-6-5-7(2)9(4)8(6)3;1-4-6-8(3)7-5-2;/h9H,3-8H2,1-2H3,(H2,14,15);6H,1-4H3;3-7H2,1-2H3;/q;;;+1/p-1. The van der Waals surface area contributed by atoms with Crippen molar-refractivity contribution < 1.29 is 21.6 Å². The molecule has 5 aliphatic carbocycles. The fraction of sp³-hybridized carbons (Fsp3) is 0.833. The van der Waals surface area contributed by atoms with Gasteiger partial charge in [-0.2, -0.15) is 0 Å². The predicted octanol–water partition coefficient (Wildman–Crippen LogP) is 8.62. The molecule has 4 atom stereocenters. The molecule has 1 saturated heterocycles. The van der Waals surface area contributed by atoms with Crippen molar-refractivity contribution in [2.24, 2.45) is 28.1 Å². The molecule has 33 heavy (non-hydrogen) atoms. The normalized spacial score (nSPS) is 45.2. The third kappa shape index (κ3) is 3.39. The number of nitrogens with one attached hydrogen (secondary N) is 1. The van der Waals surface area contributed by atoms with Gasteiger partial charge in [-0.3, -0.25) is 0 Å². The summed E-state index contributed by atoms with van der Waals surface area (Å²) in [4.78, 5) is 14.6. The van der Waals surface area contributed by atoms with Crippen molar-refractivity contribution in [2.45, 2.75) is 128 Å². The molecule has 4 unspecified atom stereocenters. The Labute approximate surface area is 207 Å². The second kappa shape index (κ2) is 7.58. The van der Waals surface area contributed by atoms with Gasteiger partial charge in [0.1, 0.15) is 0 Å². The summed E-state index contributed by atoms with van der Waals surface area (Å²) in [5, 5.41) is 0. The van der Waals surface area contributed by atoms with Gasteiger partial charge in [0.05, 0.1) is 0 Å². The van der Waals surface area contributed by atoms with E-state index in [9.17, 15) is 4.79 Å². The molecule has 6 rings (SSSR count). The molecule has 2 nitrogen and oxygen atoms in total. The number of hydrogen-bond acceptors (Lipinski definition) is 1. The first kappa shape index (κ1) is 24.4. The van der Waals surface area contributed by atoms with Gasteiger partial charge in [0.25, 0.3) is 0 Å². The van der Waals surface area contributed by atoms with Gasteiger partial charge < -0.3 is 0 Å². The van der Waals surface area contributed by atoms with Crippen LogP contribution in [0.2, 0.25) is 8.45 Å². The Morgan fingerprint density at radius 1 is 0.939 bits per heavy atom. The number of carbonyl (C=O) groups excluding carboxylic acids is 1. The average Bonchev–Trinajstić information content (AvgIpc) is 3.24. The summed E-state index contributed by atoms with van der Waals surface area (Å²) in [5.74, 6) is 1.82. The first-order valence-electron chi connectivity index (χ1n) is 14.1. The Morgan fingerprint density at radius 3 is 1.97 bits per heavy atom. The topological polar surface area (TPSA) is 29.1 Å². The summed E-state index contributed by atoms with van der Waals surface area (Å²) in [7, 11) is 0. The molecule has 0 spiro atoms. The average molecular weight is 488 g/mol. The number of amides is 1. The van der Waals surface area contributed by atoms with Crippen LogP contribution in [0.1, 0.15) is 120 Å². The molecule has 0 aromatic carbocycles. The van der Waals surface area contributed by atoms with Crippen molar-refractivity contribution in [3.8, 4) is 0 Å². The van der Waals surface area contributed by atoms with Crippen LogP contribution in [-0.2, 0) is 21.6 Å². The first-order chi connectivity index (χ1) is 15.4. The summed E-state index contributed by atoms with van der Waals surface area (Å²) >= 11 is -2.76. The van der Waals surface area contributed by atoms with Crippen LogP contribution < -0.4 is 3.80 Å². The van der Waals surface area contributed by atoms with Crippen LogP contribution in [0.5, 0.6) is 0 Å². The molecule has 1 heterocycles. The van der Waals surface area contributed by atoms with E-state index >= 15 is 0 Å². The molecule has 1 aliphatic heterocycles. The Kier molecular flexibility index (Phi) is 5.60. The Balaban J connectivity index is 1.53. The third-order valence-corrected chi connectivity index (χ3v) is 20.2. The van der Waals surface area contributed by atoms with E-state index in [1.165, 1.54) is 61.7 Å². The molecular weight excluding hydrogens is 438 g/mol. The molecule has 4 saturated carbocycles. The minimum atomic E-state index is -2.76. The summed E-state index contributed by atoms with van der Waals surface area (Å²) in [5.41, 5.74) is 5.33. The second-order valence-corrected chi connectivity index (χ2v) is 20.6. The SMILES string of the molecule is CCC[C]1(CCC)[CH2][Ti]1([NH]C(=O)C12CC3CC(C)(CC(C)(C3)C1)C2)[C]1=C(C)C(C)=C(C)C1C. The van der Waals surface area contributed by atoms with E-state index in [2.05, 4.69) is 59.2 Å². The predicted molar refractivity (Wildman–Crippen MR) is 136 cm³/mol. The van der Waals surface area contributed by atoms with Crippen molar-refractivity contribution in [3.63, 3.8) is 0 Å². The second-order valence-electron chi connectivity index (χ2n) is 14.3. The van der Waals surface area contributed by atoms with Gasteiger partial charge in [0.15, 0.2) is 0 Å². The van der Waals surface area contributed by atoms with Gasteiger partial charge in [-0.1, -0.05) is 0 Å². The van der Waals surface area contributed by atoms with Gasteiger partial charge in [-0.05, 0) is 0 Å². The fourth-order valence-corrected chi connectivity index (χ4v) is 21.9. The van der Waals surface area contributed by atoms with Crippen LogP contribution in [0.4, 0.5) is 0 Å². The molecule has 4 bridgehead atoms. The zero-order chi connectivity index (χ0) is 24.0. The van der Waals surface area contributed by atoms with E-state index < -0.39 is 16.8 Å². The van der Waals surface area contributed by atoms with Crippen molar-refractivity contribution >= 4 is 5.91 Å². The molecule has 0 radical (unpaired) electrons. The number of hydrogen-bond donors (Lipinski definition) is 1. The van der Waals surface area contributed by atoms with Gasteiger partial charge in [-0.25, -0.2) is 0 Å². The fourth-order valence-electron chi connectivity index (χ4n) is 10.9. The number of carbonyl (C=O) groups is 1. The number of allylic oxidation sites excluding steroid dienone is 4. The Hall–Kier alpha value is -0.336. The van der Waals surface area contributed by atoms with E-state index in [1.807, 2.05) is 0 Å². The van der Waals surface area contributed by atoms with Crippen molar-refractivity contribution in [1.82, 2.24) is 3.80 Å². The molecule has 1 amide bonds. The maximum absolute atomic E-state index is 14.6. The quantitative estimate of drug-likeness (QED) is 0.358. The third-order valence-electron chi connectivity index (χ3n) is 11.4. The van der Waals surface area contributed by atoms with Crippen molar-refractivity contribution in [3.05, 3.63) is 20.6 Å². The van der Waals surface area contributed by atoms with Crippen LogP contribution in [0.3, 0.4) is 0 Å². The molecule has 5 fully saturated rings. The molecular formula is C30H49NOTi. The summed E-state index contributed by atoms with van der Waals surface area (Å²) in [6.45, 7) is 19.2. The zero-order valence-electron chi connectivity index (χ0n) is 22.8. The van der Waals surface area contributed by atoms with Crippen molar-refractivity contribution in [2.75, 3.05) is 0 Å². The van der Waals surface area contributed by atoms with Crippen LogP contribution in [-0.4, -0.2) is 5.91 Å². The summed E-state index contributed by atoms with van der Waals surface area (Å²) in [6.07, 6.45) is 12.7.